The predicted molar refractivity (Wildman–Crippen MR) is 420 cm³/mol. The molecule has 0 aliphatic rings. The van der Waals surface area contributed by atoms with Crippen LogP contribution in [0, 0.1) is 0 Å². The van der Waals surface area contributed by atoms with Crippen LogP contribution in [0.3, 0.4) is 0 Å². The smallest absolute Gasteiger partial charge is 0.306 e. The molecule has 2 atom stereocenters. The second kappa shape index (κ2) is 77.4. The molecule has 0 saturated carbocycles. The minimum atomic E-state index is -4.65. The van der Waals surface area contributed by atoms with E-state index in [0.29, 0.717) is 17.4 Å². The first-order chi connectivity index (χ1) is 47.5. The summed E-state index contributed by atoms with van der Waals surface area (Å²) in [6.07, 6.45) is 107. The van der Waals surface area contributed by atoms with Gasteiger partial charge in [-0.15, -0.1) is 0 Å². The van der Waals surface area contributed by atoms with Crippen molar-refractivity contribution >= 4 is 19.8 Å². The molecule has 97 heavy (non-hydrogen) atoms. The molecule has 0 rings (SSSR count). The van der Waals surface area contributed by atoms with Crippen molar-refractivity contribution in [3.05, 3.63) is 85.1 Å². The fourth-order valence-electron chi connectivity index (χ4n) is 12.4. The number of hydrogen-bond donors (Lipinski definition) is 0. The van der Waals surface area contributed by atoms with E-state index in [1.807, 2.05) is 21.1 Å². The lowest BCUT2D eigenvalue weighted by atomic mass is 10.0. The second-order valence-electron chi connectivity index (χ2n) is 29.5. The highest BCUT2D eigenvalue weighted by atomic mass is 31.2. The number of unbranched alkanes of at least 4 members (excludes halogenated alkanes) is 50. The maximum Gasteiger partial charge on any atom is 0.306 e. The van der Waals surface area contributed by atoms with Crippen LogP contribution in [0.2, 0.25) is 0 Å². The molecule has 0 fully saturated rings. The van der Waals surface area contributed by atoms with Crippen LogP contribution in [0.25, 0.3) is 0 Å². The second-order valence-corrected chi connectivity index (χ2v) is 30.9. The minimum absolute atomic E-state index is 0.0299. The van der Waals surface area contributed by atoms with E-state index in [1.165, 1.54) is 289 Å². The van der Waals surface area contributed by atoms with Crippen LogP contribution in [0.15, 0.2) is 85.1 Å². The van der Waals surface area contributed by atoms with Crippen molar-refractivity contribution in [3.8, 4) is 0 Å². The Balaban J connectivity index is 3.92. The number of ether oxygens (including phenoxy) is 2. The zero-order valence-corrected chi connectivity index (χ0v) is 65.7. The summed E-state index contributed by atoms with van der Waals surface area (Å²) < 4.78 is 34.5. The number of carbonyl (C=O) groups excluding carboxylic acids is 2. The van der Waals surface area contributed by atoms with Gasteiger partial charge in [0, 0.05) is 12.8 Å². The molecule has 0 N–H and O–H groups in total. The van der Waals surface area contributed by atoms with Crippen LogP contribution in [0.5, 0.6) is 0 Å². The Morgan fingerprint density at radius 2 is 0.588 bits per heavy atom. The molecule has 10 heteroatoms. The monoisotopic (exact) mass is 1380 g/mol. The first-order valence-electron chi connectivity index (χ1n) is 41.8. The van der Waals surface area contributed by atoms with E-state index >= 15 is 0 Å². The molecule has 566 valence electrons. The summed E-state index contributed by atoms with van der Waals surface area (Å²) in [6, 6.07) is 0. The Bertz CT molecular complexity index is 1910. The number of phosphoric ester groups is 1. The highest BCUT2D eigenvalue weighted by Gasteiger charge is 2.22. The number of phosphoric acid groups is 1. The number of rotatable bonds is 78. The number of hydrogen-bond acceptors (Lipinski definition) is 8. The van der Waals surface area contributed by atoms with Gasteiger partial charge in [-0.25, -0.2) is 0 Å². The van der Waals surface area contributed by atoms with E-state index in [9.17, 15) is 19.0 Å². The largest absolute Gasteiger partial charge is 0.756 e. The van der Waals surface area contributed by atoms with Gasteiger partial charge in [0.05, 0.1) is 27.7 Å². The first kappa shape index (κ1) is 94.2. The molecule has 0 bridgehead atoms. The SMILES string of the molecule is CC/C=C\C/C=C\C/C=C\C/C=C\C/C=C\C/C=C\C/C=C\CCCCCCCCCCCCCCCCCCCC(=O)OC(COC(=O)CCCCCCCCCCCCCCCCCCCCCCCCCCCCCCCCCCCC)COP(=O)([O-])OCC[N+](C)(C)C. The molecule has 0 aliphatic heterocycles. The van der Waals surface area contributed by atoms with E-state index in [-0.39, 0.29) is 32.0 Å². The molecule has 0 spiro atoms. The third-order valence-corrected chi connectivity index (χ3v) is 19.6. The molecule has 9 nitrogen and oxygen atoms in total. The van der Waals surface area contributed by atoms with Crippen molar-refractivity contribution in [2.24, 2.45) is 0 Å². The highest BCUT2D eigenvalue weighted by molar-refractivity contribution is 7.45. The molecule has 0 amide bonds. The van der Waals surface area contributed by atoms with Crippen LogP contribution in [0.4, 0.5) is 0 Å². The van der Waals surface area contributed by atoms with Gasteiger partial charge in [0.25, 0.3) is 7.82 Å². The van der Waals surface area contributed by atoms with Crippen molar-refractivity contribution in [1.82, 2.24) is 0 Å². The number of likely N-dealkylation sites (N-methyl/N-ethyl adjacent to an activating group) is 1. The average Bonchev–Trinajstić information content (AvgIpc) is 1.69. The van der Waals surface area contributed by atoms with Crippen LogP contribution < -0.4 is 4.89 Å². The maximum absolute atomic E-state index is 12.9. The lowest BCUT2D eigenvalue weighted by molar-refractivity contribution is -0.870. The molecule has 0 aromatic rings. The van der Waals surface area contributed by atoms with Gasteiger partial charge in [0.15, 0.2) is 6.10 Å². The molecule has 0 aliphatic carbocycles. The summed E-state index contributed by atoms with van der Waals surface area (Å²) in [6.45, 7) is 4.19. The van der Waals surface area contributed by atoms with Gasteiger partial charge in [-0.2, -0.15) is 0 Å². The lowest BCUT2D eigenvalue weighted by Crippen LogP contribution is -2.37. The van der Waals surface area contributed by atoms with Crippen LogP contribution in [-0.4, -0.2) is 70.0 Å². The van der Waals surface area contributed by atoms with Crippen LogP contribution in [-0.2, 0) is 32.7 Å². The zero-order valence-electron chi connectivity index (χ0n) is 64.8. The third-order valence-electron chi connectivity index (χ3n) is 18.7. The first-order valence-corrected chi connectivity index (χ1v) is 43.3. The van der Waals surface area contributed by atoms with Gasteiger partial charge in [-0.1, -0.05) is 407 Å². The molecule has 0 heterocycles. The third kappa shape index (κ3) is 82.0. The maximum atomic E-state index is 12.9. The Morgan fingerprint density at radius 1 is 0.330 bits per heavy atom. The van der Waals surface area contributed by atoms with Crippen molar-refractivity contribution in [2.45, 2.75) is 412 Å². The Hall–Kier alpha value is -2.81. The van der Waals surface area contributed by atoms with E-state index in [0.717, 1.165) is 83.5 Å². The van der Waals surface area contributed by atoms with Crippen molar-refractivity contribution in [3.63, 3.8) is 0 Å². The van der Waals surface area contributed by atoms with Gasteiger partial charge in [-0.05, 0) is 70.6 Å². The molecular formula is C87H160NO8P. The number of allylic oxidation sites excluding steroid dienone is 14. The molecule has 0 radical (unpaired) electrons. The van der Waals surface area contributed by atoms with E-state index in [1.54, 1.807) is 0 Å². The fraction of sp³-hybridized carbons (Fsp3) is 0.816. The quantitative estimate of drug-likeness (QED) is 0.0195. The minimum Gasteiger partial charge on any atom is -0.756 e. The Morgan fingerprint density at radius 3 is 0.876 bits per heavy atom. The summed E-state index contributed by atoms with van der Waals surface area (Å²) in [5, 5.41) is 0. The Kier molecular flexibility index (Phi) is 75.1. The van der Waals surface area contributed by atoms with Crippen LogP contribution >= 0.6 is 7.82 Å². The van der Waals surface area contributed by atoms with Gasteiger partial charge in [0.2, 0.25) is 0 Å². The molecular weight excluding hydrogens is 1220 g/mol. The van der Waals surface area contributed by atoms with Crippen LogP contribution in [0.1, 0.15) is 406 Å². The summed E-state index contributed by atoms with van der Waals surface area (Å²) in [5.74, 6) is -0.813. The standard InChI is InChI=1S/C87H160NO8P/c1-6-8-10-12-14-16-18-20-22-24-26-28-30-32-34-36-38-40-42-43-44-45-46-48-50-52-54-56-58-60-62-64-66-68-70-72-74-76-78-80-87(90)96-85(84-95-97(91,92)94-82-81-88(3,4)5)83-93-86(89)79-77-75-73-71-69-67-65-63-61-59-57-55-53-51-49-47-41-39-37-35-33-31-29-27-25-23-21-19-17-15-13-11-9-7-2/h8,10,14,16,20,22,26,28,32,34,38,40,43-44,85H,6-7,9,11-13,15,17-19,21,23-25,27,29-31,33,35-37,39,41-42,45-84H2,1-5H3/b10-8-,16-14-,22-20-,28-26-,34-32-,40-38-,44-43-. The topological polar surface area (TPSA) is 111 Å². The number of esters is 2. The number of carbonyl (C=O) groups is 2. The van der Waals surface area contributed by atoms with E-state index in [2.05, 4.69) is 98.9 Å². The van der Waals surface area contributed by atoms with E-state index in [4.69, 9.17) is 18.5 Å². The average molecular weight is 1380 g/mol. The highest BCUT2D eigenvalue weighted by Crippen LogP contribution is 2.38. The van der Waals surface area contributed by atoms with Crippen molar-refractivity contribution in [2.75, 3.05) is 47.5 Å². The van der Waals surface area contributed by atoms with E-state index < -0.39 is 26.5 Å². The molecule has 0 saturated heterocycles. The molecule has 0 aromatic carbocycles. The molecule has 2 unspecified atom stereocenters. The summed E-state index contributed by atoms with van der Waals surface area (Å²) >= 11 is 0. The predicted octanol–water partition coefficient (Wildman–Crippen LogP) is 27.4. The summed E-state index contributed by atoms with van der Waals surface area (Å²) in [7, 11) is 1.18. The van der Waals surface area contributed by atoms with Crippen molar-refractivity contribution in [1.29, 1.82) is 0 Å². The molecule has 0 aromatic heterocycles. The Labute approximate surface area is 602 Å². The normalized spacial score (nSPS) is 13.4. The summed E-state index contributed by atoms with van der Waals surface area (Å²) in [5.41, 5.74) is 0. The van der Waals surface area contributed by atoms with Gasteiger partial charge in [-0.3, -0.25) is 14.2 Å². The zero-order chi connectivity index (χ0) is 70.4. The van der Waals surface area contributed by atoms with Gasteiger partial charge in [0.1, 0.15) is 19.8 Å². The van der Waals surface area contributed by atoms with Gasteiger partial charge < -0.3 is 27.9 Å². The number of nitrogens with zero attached hydrogens (tertiary/aromatic N) is 1. The van der Waals surface area contributed by atoms with Crippen molar-refractivity contribution < 1.29 is 42.1 Å². The number of quaternary nitrogens is 1. The summed E-state index contributed by atoms with van der Waals surface area (Å²) in [4.78, 5) is 38.2. The fourth-order valence-corrected chi connectivity index (χ4v) is 13.1. The van der Waals surface area contributed by atoms with Gasteiger partial charge >= 0.3 is 11.9 Å². The lowest BCUT2D eigenvalue weighted by Gasteiger charge is -2.28.